The van der Waals surface area contributed by atoms with Gasteiger partial charge in [-0.15, -0.1) is 0 Å². The van der Waals surface area contributed by atoms with E-state index in [1.54, 1.807) is 0 Å². The van der Waals surface area contributed by atoms with Gasteiger partial charge in [0.15, 0.2) is 8.32 Å². The lowest BCUT2D eigenvalue weighted by Crippen LogP contribution is -2.33. The van der Waals surface area contributed by atoms with E-state index in [-0.39, 0.29) is 6.10 Å². The fraction of sp³-hybridized carbons (Fsp3) is 0.550. The van der Waals surface area contributed by atoms with Gasteiger partial charge in [-0.05, 0) is 57.0 Å². The lowest BCUT2D eigenvalue weighted by atomic mass is 10.0. The summed E-state index contributed by atoms with van der Waals surface area (Å²) in [6.45, 7) is 11.0. The third-order valence-corrected chi connectivity index (χ3v) is 6.13. The highest BCUT2D eigenvalue weighted by Crippen LogP contribution is 2.28. The molecule has 1 aromatic rings. The summed E-state index contributed by atoms with van der Waals surface area (Å²) >= 11 is 0. The average Bonchev–Trinajstić information content (AvgIpc) is 2.49. The van der Waals surface area contributed by atoms with Gasteiger partial charge in [0.2, 0.25) is 0 Å². The van der Waals surface area contributed by atoms with Gasteiger partial charge in [-0.25, -0.2) is 0 Å². The zero-order valence-corrected chi connectivity index (χ0v) is 16.4. The van der Waals surface area contributed by atoms with Crippen LogP contribution in [0.25, 0.3) is 5.57 Å². The van der Waals surface area contributed by atoms with Crippen molar-refractivity contribution in [1.82, 2.24) is 0 Å². The smallest absolute Gasteiger partial charge is 0.191 e. The van der Waals surface area contributed by atoms with Crippen LogP contribution in [0.15, 0.2) is 30.3 Å². The Morgan fingerprint density at radius 1 is 1.17 bits per heavy atom. The highest BCUT2D eigenvalue weighted by molar-refractivity contribution is 6.72. The van der Waals surface area contributed by atoms with Gasteiger partial charge in [0.05, 0.1) is 0 Å². The number of carbonyl (C=O) groups excluding carboxylic acids is 1. The molecule has 0 aliphatic carbocycles. The maximum Gasteiger partial charge on any atom is 0.191 e. The zero-order valence-electron chi connectivity index (χ0n) is 15.4. The van der Waals surface area contributed by atoms with Crippen LogP contribution in [0.4, 0.5) is 0 Å². The molecule has 0 aromatic heterocycles. The van der Waals surface area contributed by atoms with Crippen molar-refractivity contribution in [2.24, 2.45) is 0 Å². The molecule has 0 saturated heterocycles. The molecule has 0 N–H and O–H groups in total. The van der Waals surface area contributed by atoms with Gasteiger partial charge in [0.1, 0.15) is 6.29 Å². The first-order chi connectivity index (χ1) is 10.9. The first kappa shape index (κ1) is 19.9. The number of allylic oxidation sites excluding steroid dienone is 2. The third-order valence-electron chi connectivity index (χ3n) is 3.79. The molecule has 0 spiro atoms. The van der Waals surface area contributed by atoms with Crippen molar-refractivity contribution >= 4 is 20.2 Å². The van der Waals surface area contributed by atoms with Gasteiger partial charge in [-0.1, -0.05) is 50.1 Å². The quantitative estimate of drug-likeness (QED) is 0.294. The van der Waals surface area contributed by atoms with E-state index in [4.69, 9.17) is 4.43 Å². The molecular weight excluding hydrogens is 300 g/mol. The summed E-state index contributed by atoms with van der Waals surface area (Å²) in [5.74, 6) is 0. The molecule has 0 amide bonds. The number of benzene rings is 1. The van der Waals surface area contributed by atoms with Gasteiger partial charge < -0.3 is 4.43 Å². The molecule has 3 heteroatoms. The Balaban J connectivity index is 2.93. The second kappa shape index (κ2) is 9.84. The van der Waals surface area contributed by atoms with Gasteiger partial charge in [-0.2, -0.15) is 0 Å². The monoisotopic (exact) mass is 332 g/mol. The summed E-state index contributed by atoms with van der Waals surface area (Å²) in [7, 11) is -1.74. The van der Waals surface area contributed by atoms with Crippen LogP contribution < -0.4 is 0 Å². The largest absolute Gasteiger partial charge is 0.415 e. The highest BCUT2D eigenvalue weighted by Gasteiger charge is 2.25. The molecule has 0 atom stereocenters. The van der Waals surface area contributed by atoms with E-state index in [0.29, 0.717) is 0 Å². The molecule has 0 aliphatic rings. The fourth-order valence-electron chi connectivity index (χ4n) is 2.88. The topological polar surface area (TPSA) is 26.3 Å². The SMILES string of the molecule is CCCCC/C=C(/C[Si](C)(C)OC(C)C)c1ccc(C=O)cc1. The molecule has 128 valence electrons. The molecule has 0 heterocycles. The predicted molar refractivity (Wildman–Crippen MR) is 102 cm³/mol. The molecule has 0 unspecified atom stereocenters. The molecule has 0 aliphatic heterocycles. The number of carbonyl (C=O) groups is 1. The molecule has 0 radical (unpaired) electrons. The molecule has 1 rings (SSSR count). The molecular formula is C20H32O2Si. The summed E-state index contributed by atoms with van der Waals surface area (Å²) in [6, 6.07) is 8.95. The summed E-state index contributed by atoms with van der Waals surface area (Å²) < 4.78 is 6.20. The van der Waals surface area contributed by atoms with E-state index in [1.165, 1.54) is 30.4 Å². The fourth-order valence-corrected chi connectivity index (χ4v) is 5.50. The molecule has 23 heavy (non-hydrogen) atoms. The first-order valence-electron chi connectivity index (χ1n) is 8.80. The first-order valence-corrected chi connectivity index (χ1v) is 11.9. The second-order valence-electron chi connectivity index (χ2n) is 7.07. The highest BCUT2D eigenvalue weighted by atomic mass is 28.4. The maximum absolute atomic E-state index is 10.9. The van der Waals surface area contributed by atoms with Gasteiger partial charge in [0.25, 0.3) is 0 Å². The lowest BCUT2D eigenvalue weighted by molar-refractivity contribution is 0.112. The number of aldehydes is 1. The van der Waals surface area contributed by atoms with Gasteiger partial charge >= 0.3 is 0 Å². The van der Waals surface area contributed by atoms with Crippen molar-refractivity contribution in [1.29, 1.82) is 0 Å². The van der Waals surface area contributed by atoms with Crippen LogP contribution in [-0.4, -0.2) is 20.7 Å². The Labute approximate surface area is 143 Å². The van der Waals surface area contributed by atoms with Crippen LogP contribution in [0.2, 0.25) is 19.1 Å². The molecule has 1 aromatic carbocycles. The normalized spacial score (nSPS) is 12.7. The van der Waals surface area contributed by atoms with Crippen molar-refractivity contribution in [2.45, 2.75) is 71.7 Å². The van der Waals surface area contributed by atoms with Crippen LogP contribution in [0.1, 0.15) is 62.4 Å². The number of unbranched alkanes of at least 4 members (excludes halogenated alkanes) is 3. The van der Waals surface area contributed by atoms with E-state index in [9.17, 15) is 4.79 Å². The van der Waals surface area contributed by atoms with E-state index in [2.05, 4.69) is 52.1 Å². The minimum atomic E-state index is -1.74. The number of hydrogen-bond acceptors (Lipinski definition) is 2. The van der Waals surface area contributed by atoms with Crippen molar-refractivity contribution in [3.8, 4) is 0 Å². The Bertz CT molecular complexity index is 501. The third kappa shape index (κ3) is 7.75. The van der Waals surface area contributed by atoms with E-state index < -0.39 is 8.32 Å². The van der Waals surface area contributed by atoms with Crippen LogP contribution in [0.3, 0.4) is 0 Å². The summed E-state index contributed by atoms with van der Waals surface area (Å²) in [6.07, 6.45) is 8.42. The van der Waals surface area contributed by atoms with Crippen molar-refractivity contribution in [3.05, 3.63) is 41.5 Å². The van der Waals surface area contributed by atoms with Gasteiger partial charge in [-0.3, -0.25) is 4.79 Å². The average molecular weight is 333 g/mol. The van der Waals surface area contributed by atoms with E-state index in [1.807, 2.05) is 12.1 Å². The minimum absolute atomic E-state index is 0.274. The Kier molecular flexibility index (Phi) is 8.49. The van der Waals surface area contributed by atoms with Gasteiger partial charge in [0, 0.05) is 11.7 Å². The van der Waals surface area contributed by atoms with Crippen molar-refractivity contribution < 1.29 is 9.22 Å². The zero-order chi connectivity index (χ0) is 17.3. The predicted octanol–water partition coefficient (Wildman–Crippen LogP) is 6.09. The summed E-state index contributed by atoms with van der Waals surface area (Å²) in [5.41, 5.74) is 3.32. The maximum atomic E-state index is 10.9. The van der Waals surface area contributed by atoms with Crippen LogP contribution in [-0.2, 0) is 4.43 Å². The van der Waals surface area contributed by atoms with E-state index >= 15 is 0 Å². The van der Waals surface area contributed by atoms with Crippen LogP contribution in [0.5, 0.6) is 0 Å². The Morgan fingerprint density at radius 2 is 1.83 bits per heavy atom. The number of hydrogen-bond donors (Lipinski definition) is 0. The summed E-state index contributed by atoms with van der Waals surface area (Å²) in [4.78, 5) is 10.9. The van der Waals surface area contributed by atoms with Crippen LogP contribution >= 0.6 is 0 Å². The lowest BCUT2D eigenvalue weighted by Gasteiger charge is -2.27. The van der Waals surface area contributed by atoms with Crippen LogP contribution in [0, 0.1) is 0 Å². The summed E-state index contributed by atoms with van der Waals surface area (Å²) in [5, 5.41) is 0. The Morgan fingerprint density at radius 3 is 2.35 bits per heavy atom. The molecule has 0 saturated carbocycles. The van der Waals surface area contributed by atoms with Crippen molar-refractivity contribution in [2.75, 3.05) is 0 Å². The number of rotatable bonds is 10. The second-order valence-corrected chi connectivity index (χ2v) is 11.2. The molecule has 2 nitrogen and oxygen atoms in total. The van der Waals surface area contributed by atoms with Crippen molar-refractivity contribution in [3.63, 3.8) is 0 Å². The molecule has 0 bridgehead atoms. The van der Waals surface area contributed by atoms with E-state index in [0.717, 1.165) is 24.3 Å². The standard InChI is InChI=1S/C20H32O2Si/c1-6-7-8-9-10-20(16-23(4,5)22-17(2)3)19-13-11-18(15-21)12-14-19/h10-15,17H,6-9,16H2,1-5H3/b20-10-. The molecule has 0 fully saturated rings. The minimum Gasteiger partial charge on any atom is -0.415 e. The Hall–Kier alpha value is -1.19.